The summed E-state index contributed by atoms with van der Waals surface area (Å²) in [7, 11) is 0. The molecule has 4 heteroatoms. The second-order valence-corrected chi connectivity index (χ2v) is 5.31. The smallest absolute Gasteiger partial charge is 0.186 e. The molecule has 2 N–H and O–H groups in total. The average Bonchev–Trinajstić information content (AvgIpc) is 2.95. The SMILES string of the molecule is NC[C@@H]1CCN(c2nc3ccccc3s2)C1. The summed E-state index contributed by atoms with van der Waals surface area (Å²) >= 11 is 1.78. The van der Waals surface area contributed by atoms with Gasteiger partial charge in [-0.1, -0.05) is 23.5 Å². The summed E-state index contributed by atoms with van der Waals surface area (Å²) in [6.07, 6.45) is 1.20. The van der Waals surface area contributed by atoms with Gasteiger partial charge in [0.15, 0.2) is 5.13 Å². The van der Waals surface area contributed by atoms with E-state index in [-0.39, 0.29) is 0 Å². The molecule has 0 spiro atoms. The molecule has 0 aliphatic carbocycles. The molecule has 0 bridgehead atoms. The van der Waals surface area contributed by atoms with Crippen LogP contribution in [-0.4, -0.2) is 24.6 Å². The van der Waals surface area contributed by atoms with Crippen LogP contribution < -0.4 is 10.6 Å². The Bertz CT molecular complexity index is 461. The summed E-state index contributed by atoms with van der Waals surface area (Å²) < 4.78 is 1.27. The van der Waals surface area contributed by atoms with Crippen LogP contribution in [0.25, 0.3) is 10.2 Å². The Morgan fingerprint density at radius 3 is 3.06 bits per heavy atom. The Morgan fingerprint density at radius 1 is 1.44 bits per heavy atom. The van der Waals surface area contributed by atoms with Crippen LogP contribution in [0.5, 0.6) is 0 Å². The van der Waals surface area contributed by atoms with Gasteiger partial charge >= 0.3 is 0 Å². The quantitative estimate of drug-likeness (QED) is 0.863. The molecule has 1 aromatic heterocycles. The molecule has 2 aromatic rings. The first kappa shape index (κ1) is 10.1. The van der Waals surface area contributed by atoms with Crippen molar-refractivity contribution in [3.8, 4) is 0 Å². The summed E-state index contributed by atoms with van der Waals surface area (Å²) in [4.78, 5) is 7.03. The van der Waals surface area contributed by atoms with Crippen molar-refractivity contribution in [1.82, 2.24) is 4.98 Å². The monoisotopic (exact) mass is 233 g/mol. The number of fused-ring (bicyclic) bond motifs is 1. The number of para-hydroxylation sites is 1. The summed E-state index contributed by atoms with van der Waals surface area (Å²) in [5, 5.41) is 1.15. The van der Waals surface area contributed by atoms with Crippen molar-refractivity contribution < 1.29 is 0 Å². The maximum Gasteiger partial charge on any atom is 0.186 e. The molecule has 0 amide bonds. The summed E-state index contributed by atoms with van der Waals surface area (Å²) in [6, 6.07) is 8.31. The maximum atomic E-state index is 5.71. The van der Waals surface area contributed by atoms with Gasteiger partial charge in [-0.3, -0.25) is 0 Å². The number of nitrogens with zero attached hydrogens (tertiary/aromatic N) is 2. The van der Waals surface area contributed by atoms with E-state index in [2.05, 4.69) is 28.1 Å². The summed E-state index contributed by atoms with van der Waals surface area (Å²) in [5.74, 6) is 0.645. The number of thiazole rings is 1. The first-order valence-corrected chi connectivity index (χ1v) is 6.49. The Morgan fingerprint density at radius 2 is 2.31 bits per heavy atom. The number of rotatable bonds is 2. The zero-order valence-corrected chi connectivity index (χ0v) is 9.91. The minimum Gasteiger partial charge on any atom is -0.348 e. The molecular weight excluding hydrogens is 218 g/mol. The van der Waals surface area contributed by atoms with Crippen molar-refractivity contribution in [3.05, 3.63) is 24.3 Å². The van der Waals surface area contributed by atoms with Crippen molar-refractivity contribution in [2.75, 3.05) is 24.5 Å². The van der Waals surface area contributed by atoms with Crippen molar-refractivity contribution in [2.45, 2.75) is 6.42 Å². The molecule has 1 atom stereocenters. The van der Waals surface area contributed by atoms with Crippen LogP contribution in [0.15, 0.2) is 24.3 Å². The molecule has 1 aliphatic heterocycles. The number of nitrogens with two attached hydrogens (primary N) is 1. The van der Waals surface area contributed by atoms with E-state index in [0.717, 1.165) is 30.3 Å². The van der Waals surface area contributed by atoms with Gasteiger partial charge in [0.1, 0.15) is 0 Å². The molecular formula is C12H15N3S. The molecule has 0 unspecified atom stereocenters. The van der Waals surface area contributed by atoms with Crippen LogP contribution in [0, 0.1) is 5.92 Å². The highest BCUT2D eigenvalue weighted by molar-refractivity contribution is 7.22. The van der Waals surface area contributed by atoms with Gasteiger partial charge in [0.25, 0.3) is 0 Å². The fourth-order valence-electron chi connectivity index (χ4n) is 2.19. The third kappa shape index (κ3) is 1.68. The largest absolute Gasteiger partial charge is 0.348 e. The Kier molecular flexibility index (Phi) is 2.53. The van der Waals surface area contributed by atoms with E-state index in [1.54, 1.807) is 11.3 Å². The summed E-state index contributed by atoms with van der Waals surface area (Å²) in [6.45, 7) is 2.96. The highest BCUT2D eigenvalue weighted by Crippen LogP contribution is 2.31. The van der Waals surface area contributed by atoms with E-state index in [0.29, 0.717) is 5.92 Å². The number of hydrogen-bond acceptors (Lipinski definition) is 4. The second kappa shape index (κ2) is 4.03. The third-order valence-electron chi connectivity index (χ3n) is 3.17. The Hall–Kier alpha value is -1.13. The standard InChI is InChI=1S/C12H15N3S/c13-7-9-5-6-15(8-9)12-14-10-3-1-2-4-11(10)16-12/h1-4,9H,5-8,13H2/t9-/m0/s1. The lowest BCUT2D eigenvalue weighted by atomic mass is 10.1. The van der Waals surface area contributed by atoms with Gasteiger partial charge in [0.2, 0.25) is 0 Å². The number of hydrogen-bond donors (Lipinski definition) is 1. The van der Waals surface area contributed by atoms with E-state index in [1.165, 1.54) is 11.1 Å². The normalized spacial score (nSPS) is 20.8. The minimum atomic E-state index is 0.645. The molecule has 84 valence electrons. The number of benzene rings is 1. The topological polar surface area (TPSA) is 42.1 Å². The van der Waals surface area contributed by atoms with Crippen LogP contribution >= 0.6 is 11.3 Å². The Balaban J connectivity index is 1.89. The van der Waals surface area contributed by atoms with Crippen molar-refractivity contribution in [1.29, 1.82) is 0 Å². The maximum absolute atomic E-state index is 5.71. The van der Waals surface area contributed by atoms with Crippen LogP contribution in [0.2, 0.25) is 0 Å². The predicted octanol–water partition coefficient (Wildman–Crippen LogP) is 2.08. The van der Waals surface area contributed by atoms with E-state index < -0.39 is 0 Å². The first-order valence-electron chi connectivity index (χ1n) is 5.67. The molecule has 1 fully saturated rings. The van der Waals surface area contributed by atoms with E-state index >= 15 is 0 Å². The van der Waals surface area contributed by atoms with Gasteiger partial charge < -0.3 is 10.6 Å². The van der Waals surface area contributed by atoms with Gasteiger partial charge in [-0.05, 0) is 31.0 Å². The zero-order chi connectivity index (χ0) is 11.0. The van der Waals surface area contributed by atoms with Gasteiger partial charge in [-0.15, -0.1) is 0 Å². The van der Waals surface area contributed by atoms with Crippen LogP contribution in [0.1, 0.15) is 6.42 Å². The molecule has 1 saturated heterocycles. The number of aromatic nitrogens is 1. The number of anilines is 1. The van der Waals surface area contributed by atoms with Crippen LogP contribution in [0.4, 0.5) is 5.13 Å². The highest BCUT2D eigenvalue weighted by Gasteiger charge is 2.23. The molecule has 1 aliphatic rings. The van der Waals surface area contributed by atoms with Crippen LogP contribution in [0.3, 0.4) is 0 Å². The lowest BCUT2D eigenvalue weighted by Crippen LogP contribution is -2.22. The fraction of sp³-hybridized carbons (Fsp3) is 0.417. The van der Waals surface area contributed by atoms with E-state index in [9.17, 15) is 0 Å². The van der Waals surface area contributed by atoms with Gasteiger partial charge in [0, 0.05) is 13.1 Å². The lowest BCUT2D eigenvalue weighted by Gasteiger charge is -2.13. The molecule has 0 saturated carbocycles. The van der Waals surface area contributed by atoms with E-state index in [1.807, 2.05) is 6.07 Å². The highest BCUT2D eigenvalue weighted by atomic mass is 32.1. The molecule has 3 rings (SSSR count). The fourth-order valence-corrected chi connectivity index (χ4v) is 3.19. The Labute approximate surface area is 98.9 Å². The predicted molar refractivity (Wildman–Crippen MR) is 69.0 cm³/mol. The van der Waals surface area contributed by atoms with Crippen molar-refractivity contribution in [3.63, 3.8) is 0 Å². The van der Waals surface area contributed by atoms with Crippen LogP contribution in [-0.2, 0) is 0 Å². The summed E-state index contributed by atoms with van der Waals surface area (Å²) in [5.41, 5.74) is 6.82. The van der Waals surface area contributed by atoms with Crippen molar-refractivity contribution >= 4 is 26.7 Å². The van der Waals surface area contributed by atoms with Gasteiger partial charge in [-0.25, -0.2) is 4.98 Å². The first-order chi connectivity index (χ1) is 7.86. The van der Waals surface area contributed by atoms with Gasteiger partial charge in [-0.2, -0.15) is 0 Å². The lowest BCUT2D eigenvalue weighted by molar-refractivity contribution is 0.602. The minimum absolute atomic E-state index is 0.645. The molecule has 0 radical (unpaired) electrons. The molecule has 16 heavy (non-hydrogen) atoms. The zero-order valence-electron chi connectivity index (χ0n) is 9.10. The molecule has 1 aromatic carbocycles. The second-order valence-electron chi connectivity index (χ2n) is 4.30. The molecule has 2 heterocycles. The van der Waals surface area contributed by atoms with Crippen molar-refractivity contribution in [2.24, 2.45) is 11.7 Å². The average molecular weight is 233 g/mol. The van der Waals surface area contributed by atoms with Gasteiger partial charge in [0.05, 0.1) is 10.2 Å². The van der Waals surface area contributed by atoms with E-state index in [4.69, 9.17) is 5.73 Å². The molecule has 3 nitrogen and oxygen atoms in total. The third-order valence-corrected chi connectivity index (χ3v) is 4.27.